The third-order valence-corrected chi connectivity index (χ3v) is 7.84. The monoisotopic (exact) mass is 490 g/mol. The summed E-state index contributed by atoms with van der Waals surface area (Å²) in [4.78, 5) is 25.3. The molecule has 1 amide bonds. The molecule has 1 aliphatic heterocycles. The quantitative estimate of drug-likeness (QED) is 0.538. The second-order valence-corrected chi connectivity index (χ2v) is 9.89. The number of hydrogen-bond acceptors (Lipinski definition) is 7. The lowest BCUT2D eigenvalue weighted by Gasteiger charge is -2.31. The molecule has 1 fully saturated rings. The summed E-state index contributed by atoms with van der Waals surface area (Å²) in [5.41, 5.74) is 0.667. The molecule has 0 bridgehead atoms. The molecule has 0 aliphatic carbocycles. The number of carbonyl (C=O) groups excluding carboxylic acids is 2. The second kappa shape index (κ2) is 11.3. The Hall–Kier alpha value is -3.11. The lowest BCUT2D eigenvalue weighted by Crippen LogP contribution is -2.43. The number of ether oxygens (including phenoxy) is 3. The molecule has 2 aromatic carbocycles. The zero-order valence-electron chi connectivity index (χ0n) is 19.5. The van der Waals surface area contributed by atoms with Gasteiger partial charge in [-0.3, -0.25) is 9.59 Å². The highest BCUT2D eigenvalue weighted by atomic mass is 32.2. The molecule has 1 N–H and O–H groups in total. The lowest BCUT2D eigenvalue weighted by atomic mass is 9.95. The van der Waals surface area contributed by atoms with E-state index in [9.17, 15) is 18.0 Å². The highest BCUT2D eigenvalue weighted by Crippen LogP contribution is 2.32. The van der Waals surface area contributed by atoms with Crippen molar-refractivity contribution in [2.75, 3.05) is 34.4 Å². The highest BCUT2D eigenvalue weighted by Gasteiger charge is 2.33. The van der Waals surface area contributed by atoms with Crippen molar-refractivity contribution in [3.63, 3.8) is 0 Å². The summed E-state index contributed by atoms with van der Waals surface area (Å²) < 4.78 is 42.5. The van der Waals surface area contributed by atoms with E-state index in [0.29, 0.717) is 29.9 Å². The van der Waals surface area contributed by atoms with E-state index in [2.05, 4.69) is 5.32 Å². The number of rotatable bonds is 9. The van der Waals surface area contributed by atoms with Gasteiger partial charge in [0.15, 0.2) is 11.5 Å². The smallest absolute Gasteiger partial charge is 0.307 e. The van der Waals surface area contributed by atoms with Crippen molar-refractivity contribution in [2.45, 2.75) is 30.2 Å². The van der Waals surface area contributed by atoms with Crippen LogP contribution in [0.4, 0.5) is 0 Å². The fraction of sp³-hybridized carbons (Fsp3) is 0.417. The fourth-order valence-electron chi connectivity index (χ4n) is 3.96. The van der Waals surface area contributed by atoms with Crippen molar-refractivity contribution in [3.05, 3.63) is 54.1 Å². The predicted molar refractivity (Wildman–Crippen MR) is 125 cm³/mol. The Balaban J connectivity index is 1.70. The first-order valence-corrected chi connectivity index (χ1v) is 12.4. The number of sulfonamides is 1. The third-order valence-electron chi connectivity index (χ3n) is 5.93. The number of benzene rings is 2. The Bertz CT molecular complexity index is 1100. The molecule has 184 valence electrons. The zero-order valence-corrected chi connectivity index (χ0v) is 20.3. The van der Waals surface area contributed by atoms with Gasteiger partial charge in [0.2, 0.25) is 15.9 Å². The van der Waals surface area contributed by atoms with Crippen LogP contribution in [0.3, 0.4) is 0 Å². The van der Waals surface area contributed by atoms with E-state index < -0.39 is 22.0 Å². The maximum absolute atomic E-state index is 13.1. The molecule has 1 saturated heterocycles. The molecule has 34 heavy (non-hydrogen) atoms. The van der Waals surface area contributed by atoms with Crippen molar-refractivity contribution >= 4 is 21.9 Å². The molecule has 9 nitrogen and oxygen atoms in total. The van der Waals surface area contributed by atoms with Gasteiger partial charge >= 0.3 is 5.97 Å². The van der Waals surface area contributed by atoms with Crippen LogP contribution in [0.1, 0.15) is 30.9 Å². The average molecular weight is 491 g/mol. The van der Waals surface area contributed by atoms with Gasteiger partial charge in [0.1, 0.15) is 0 Å². The summed E-state index contributed by atoms with van der Waals surface area (Å²) in [6.45, 7) is 0.487. The van der Waals surface area contributed by atoms with Crippen molar-refractivity contribution < 1.29 is 32.2 Å². The molecule has 1 heterocycles. The van der Waals surface area contributed by atoms with Gasteiger partial charge in [0.25, 0.3) is 0 Å². The summed E-state index contributed by atoms with van der Waals surface area (Å²) in [6.07, 6.45) is 0.711. The minimum absolute atomic E-state index is 0.0566. The van der Waals surface area contributed by atoms with Crippen LogP contribution in [-0.4, -0.2) is 59.0 Å². The van der Waals surface area contributed by atoms with E-state index in [1.165, 1.54) is 25.6 Å². The minimum Gasteiger partial charge on any atom is -0.493 e. The minimum atomic E-state index is -3.60. The van der Waals surface area contributed by atoms with E-state index in [1.54, 1.807) is 48.5 Å². The van der Waals surface area contributed by atoms with Crippen LogP contribution in [0.5, 0.6) is 11.5 Å². The Morgan fingerprint density at radius 3 is 2.24 bits per heavy atom. The molecule has 0 radical (unpaired) electrons. The SMILES string of the molecule is COC(=O)CC(NC(=O)C1CCN(S(=O)(=O)c2ccccc2)CC1)c1ccc(OC)c(OC)c1. The van der Waals surface area contributed by atoms with Crippen molar-refractivity contribution in [3.8, 4) is 11.5 Å². The Kier molecular flexibility index (Phi) is 8.51. The normalized spacial score (nSPS) is 15.9. The molecule has 10 heteroatoms. The Morgan fingerprint density at radius 1 is 1.00 bits per heavy atom. The number of methoxy groups -OCH3 is 3. The standard InChI is InChI=1S/C24H30N2O7S/c1-31-21-10-9-18(15-22(21)32-2)20(16-23(27)33-3)25-24(28)17-11-13-26(14-12-17)34(29,30)19-7-5-4-6-8-19/h4-10,15,17,20H,11-14,16H2,1-3H3,(H,25,28). The van der Waals surface area contributed by atoms with Crippen LogP contribution in [0.25, 0.3) is 0 Å². The van der Waals surface area contributed by atoms with Gasteiger partial charge in [0.05, 0.1) is 38.7 Å². The molecule has 1 unspecified atom stereocenters. The maximum atomic E-state index is 13.1. The van der Waals surface area contributed by atoms with E-state index in [0.717, 1.165) is 0 Å². The van der Waals surface area contributed by atoms with E-state index >= 15 is 0 Å². The third kappa shape index (κ3) is 5.87. The molecular formula is C24H30N2O7S. The van der Waals surface area contributed by atoms with Gasteiger partial charge in [-0.15, -0.1) is 0 Å². The van der Waals surface area contributed by atoms with Gasteiger partial charge in [0, 0.05) is 19.0 Å². The van der Waals surface area contributed by atoms with Gasteiger partial charge < -0.3 is 19.5 Å². The van der Waals surface area contributed by atoms with Gasteiger partial charge in [-0.1, -0.05) is 24.3 Å². The van der Waals surface area contributed by atoms with Crippen LogP contribution in [0.2, 0.25) is 0 Å². The second-order valence-electron chi connectivity index (χ2n) is 7.95. The summed E-state index contributed by atoms with van der Waals surface area (Å²) in [6, 6.07) is 12.8. The first-order valence-electron chi connectivity index (χ1n) is 10.9. The first kappa shape index (κ1) is 25.5. The van der Waals surface area contributed by atoms with Crippen LogP contribution in [0, 0.1) is 5.92 Å². The lowest BCUT2D eigenvalue weighted by molar-refractivity contribution is -0.141. The van der Waals surface area contributed by atoms with Crippen LogP contribution < -0.4 is 14.8 Å². The van der Waals surface area contributed by atoms with E-state index in [1.807, 2.05) is 0 Å². The summed E-state index contributed by atoms with van der Waals surface area (Å²) in [5.74, 6) is -0.0725. The van der Waals surface area contributed by atoms with Crippen molar-refractivity contribution in [1.82, 2.24) is 9.62 Å². The number of nitrogens with one attached hydrogen (secondary N) is 1. The molecule has 1 atom stereocenters. The van der Waals surface area contributed by atoms with Crippen molar-refractivity contribution in [1.29, 1.82) is 0 Å². The number of amides is 1. The zero-order chi connectivity index (χ0) is 24.7. The Labute approximate surface area is 200 Å². The summed E-state index contributed by atoms with van der Waals surface area (Å²) >= 11 is 0. The topological polar surface area (TPSA) is 111 Å². The van der Waals surface area contributed by atoms with Gasteiger partial charge in [-0.2, -0.15) is 4.31 Å². The number of esters is 1. The average Bonchev–Trinajstić information content (AvgIpc) is 2.88. The number of hydrogen-bond donors (Lipinski definition) is 1. The molecule has 0 spiro atoms. The Morgan fingerprint density at radius 2 is 1.65 bits per heavy atom. The van der Waals surface area contributed by atoms with Gasteiger partial charge in [-0.05, 0) is 42.7 Å². The fourth-order valence-corrected chi connectivity index (χ4v) is 5.45. The van der Waals surface area contributed by atoms with E-state index in [-0.39, 0.29) is 36.2 Å². The maximum Gasteiger partial charge on any atom is 0.307 e. The molecule has 0 aromatic heterocycles. The first-order chi connectivity index (χ1) is 16.3. The number of nitrogens with zero attached hydrogens (tertiary/aromatic N) is 1. The van der Waals surface area contributed by atoms with Crippen LogP contribution in [0.15, 0.2) is 53.4 Å². The molecule has 1 aliphatic rings. The number of piperidine rings is 1. The van der Waals surface area contributed by atoms with Gasteiger partial charge in [-0.25, -0.2) is 8.42 Å². The van der Waals surface area contributed by atoms with E-state index in [4.69, 9.17) is 14.2 Å². The molecule has 3 rings (SSSR count). The molecule has 2 aromatic rings. The highest BCUT2D eigenvalue weighted by molar-refractivity contribution is 7.89. The van der Waals surface area contributed by atoms with Crippen molar-refractivity contribution in [2.24, 2.45) is 5.92 Å². The summed E-state index contributed by atoms with van der Waals surface area (Å²) in [5, 5.41) is 2.94. The van der Waals surface area contributed by atoms with Crippen LogP contribution in [-0.2, 0) is 24.3 Å². The van der Waals surface area contributed by atoms with Crippen LogP contribution >= 0.6 is 0 Å². The predicted octanol–water partition coefficient (Wildman–Crippen LogP) is 2.53. The molecular weight excluding hydrogens is 460 g/mol. The molecule has 0 saturated carbocycles. The number of carbonyl (C=O) groups is 2. The summed E-state index contributed by atoms with van der Waals surface area (Å²) in [7, 11) is 0.724. The largest absolute Gasteiger partial charge is 0.493 e.